The van der Waals surface area contributed by atoms with Crippen LogP contribution in [0.15, 0.2) is 5.38 Å². The number of primary amides is 1. The molecule has 1 aromatic heterocycles. The molecule has 0 aliphatic rings. The number of hydrogen-bond donors (Lipinski definition) is 1. The minimum atomic E-state index is -0.332. The second-order valence-corrected chi connectivity index (χ2v) is 4.21. The van der Waals surface area contributed by atoms with E-state index in [9.17, 15) is 4.79 Å². The van der Waals surface area contributed by atoms with E-state index in [1.807, 2.05) is 17.3 Å². The molecule has 2 N–H and O–H groups in total. The van der Waals surface area contributed by atoms with Crippen LogP contribution < -0.4 is 5.73 Å². The standard InChI is InChI=1S/C8H12ClN3OS/c1-12(3-7(10)13)4-8-11-6(2-9)5-14-8/h5H,2-4H2,1H3,(H2,10,13). The average molecular weight is 234 g/mol. The maximum Gasteiger partial charge on any atom is 0.231 e. The molecule has 0 bridgehead atoms. The van der Waals surface area contributed by atoms with E-state index in [2.05, 4.69) is 4.98 Å². The number of carbonyl (C=O) groups is 1. The molecular weight excluding hydrogens is 222 g/mol. The first kappa shape index (κ1) is 11.4. The summed E-state index contributed by atoms with van der Waals surface area (Å²) in [4.78, 5) is 16.7. The number of carbonyl (C=O) groups excluding carboxylic acids is 1. The van der Waals surface area contributed by atoms with Crippen LogP contribution in [0.1, 0.15) is 10.7 Å². The van der Waals surface area contributed by atoms with Crippen molar-refractivity contribution in [3.63, 3.8) is 0 Å². The molecule has 1 amide bonds. The Kier molecular flexibility index (Phi) is 4.31. The smallest absolute Gasteiger partial charge is 0.231 e. The zero-order valence-electron chi connectivity index (χ0n) is 7.86. The third kappa shape index (κ3) is 3.61. The number of aromatic nitrogens is 1. The SMILES string of the molecule is CN(CC(N)=O)Cc1nc(CCl)cs1. The van der Waals surface area contributed by atoms with Gasteiger partial charge in [0.25, 0.3) is 0 Å². The fourth-order valence-corrected chi connectivity index (χ4v) is 2.14. The molecule has 14 heavy (non-hydrogen) atoms. The molecule has 0 spiro atoms. The van der Waals surface area contributed by atoms with Crippen molar-refractivity contribution in [2.24, 2.45) is 5.73 Å². The molecule has 0 saturated heterocycles. The van der Waals surface area contributed by atoms with Gasteiger partial charge in [-0.25, -0.2) is 4.98 Å². The second kappa shape index (κ2) is 5.29. The first-order chi connectivity index (χ1) is 6.61. The Bertz CT molecular complexity index is 315. The lowest BCUT2D eigenvalue weighted by Crippen LogP contribution is -2.30. The number of alkyl halides is 1. The van der Waals surface area contributed by atoms with Crippen LogP contribution >= 0.6 is 22.9 Å². The Morgan fingerprint density at radius 1 is 1.79 bits per heavy atom. The van der Waals surface area contributed by atoms with Gasteiger partial charge >= 0.3 is 0 Å². The summed E-state index contributed by atoms with van der Waals surface area (Å²) in [6.07, 6.45) is 0. The highest BCUT2D eigenvalue weighted by atomic mass is 35.5. The highest BCUT2D eigenvalue weighted by Gasteiger charge is 2.06. The summed E-state index contributed by atoms with van der Waals surface area (Å²) in [5.41, 5.74) is 5.93. The number of halogens is 1. The van der Waals surface area contributed by atoms with Crippen LogP contribution in [-0.2, 0) is 17.2 Å². The molecule has 0 fully saturated rings. The van der Waals surface area contributed by atoms with Gasteiger partial charge in [-0.2, -0.15) is 0 Å². The highest BCUT2D eigenvalue weighted by Crippen LogP contribution is 2.12. The van der Waals surface area contributed by atoms with Crippen molar-refractivity contribution in [2.75, 3.05) is 13.6 Å². The molecule has 6 heteroatoms. The Hall–Kier alpha value is -0.650. The molecule has 0 atom stereocenters. The van der Waals surface area contributed by atoms with Gasteiger partial charge in [0.15, 0.2) is 0 Å². The van der Waals surface area contributed by atoms with Crippen molar-refractivity contribution < 1.29 is 4.79 Å². The fraction of sp³-hybridized carbons (Fsp3) is 0.500. The van der Waals surface area contributed by atoms with E-state index in [-0.39, 0.29) is 12.5 Å². The molecular formula is C8H12ClN3OS. The van der Waals surface area contributed by atoms with E-state index in [4.69, 9.17) is 17.3 Å². The lowest BCUT2D eigenvalue weighted by atomic mass is 10.5. The number of thiazole rings is 1. The van der Waals surface area contributed by atoms with E-state index in [1.54, 1.807) is 11.3 Å². The zero-order chi connectivity index (χ0) is 10.6. The summed E-state index contributed by atoms with van der Waals surface area (Å²) >= 11 is 7.16. The lowest BCUT2D eigenvalue weighted by molar-refractivity contribution is -0.118. The third-order valence-electron chi connectivity index (χ3n) is 1.57. The first-order valence-corrected chi connectivity index (χ1v) is 5.49. The fourth-order valence-electron chi connectivity index (χ4n) is 1.04. The maximum atomic E-state index is 10.6. The van der Waals surface area contributed by atoms with E-state index in [0.29, 0.717) is 12.4 Å². The van der Waals surface area contributed by atoms with Gasteiger partial charge in [-0.3, -0.25) is 9.69 Å². The molecule has 1 aromatic rings. The second-order valence-electron chi connectivity index (χ2n) is 3.00. The number of hydrogen-bond acceptors (Lipinski definition) is 4. The summed E-state index contributed by atoms with van der Waals surface area (Å²) in [6.45, 7) is 0.875. The van der Waals surface area contributed by atoms with Crippen LogP contribution in [0.4, 0.5) is 0 Å². The molecule has 0 saturated carbocycles. The van der Waals surface area contributed by atoms with Crippen molar-refractivity contribution in [1.29, 1.82) is 0 Å². The van der Waals surface area contributed by atoms with Crippen LogP contribution in [0.3, 0.4) is 0 Å². The summed E-state index contributed by atoms with van der Waals surface area (Å²) in [7, 11) is 1.83. The molecule has 0 aliphatic heterocycles. The van der Waals surface area contributed by atoms with Gasteiger partial charge in [0.2, 0.25) is 5.91 Å². The lowest BCUT2D eigenvalue weighted by Gasteiger charge is -2.11. The van der Waals surface area contributed by atoms with Gasteiger partial charge in [0.05, 0.1) is 24.7 Å². The molecule has 4 nitrogen and oxygen atoms in total. The summed E-state index contributed by atoms with van der Waals surface area (Å²) < 4.78 is 0. The van der Waals surface area contributed by atoms with Gasteiger partial charge in [-0.05, 0) is 7.05 Å². The molecule has 0 radical (unpaired) electrons. The Morgan fingerprint density at radius 3 is 3.00 bits per heavy atom. The van der Waals surface area contributed by atoms with Gasteiger partial charge in [-0.1, -0.05) is 0 Å². The van der Waals surface area contributed by atoms with Crippen molar-refractivity contribution in [3.05, 3.63) is 16.1 Å². The molecule has 0 unspecified atom stereocenters. The number of nitrogens with two attached hydrogens (primary N) is 1. The first-order valence-electron chi connectivity index (χ1n) is 4.08. The number of rotatable bonds is 5. The predicted molar refractivity (Wildman–Crippen MR) is 57.2 cm³/mol. The summed E-state index contributed by atoms with van der Waals surface area (Å²) in [6, 6.07) is 0. The monoisotopic (exact) mass is 233 g/mol. The van der Waals surface area contributed by atoms with E-state index < -0.39 is 0 Å². The van der Waals surface area contributed by atoms with Gasteiger partial charge < -0.3 is 5.73 Å². The normalized spacial score (nSPS) is 10.8. The third-order valence-corrected chi connectivity index (χ3v) is 2.72. The zero-order valence-corrected chi connectivity index (χ0v) is 9.44. The van der Waals surface area contributed by atoms with E-state index >= 15 is 0 Å². The van der Waals surface area contributed by atoms with Gasteiger partial charge in [0, 0.05) is 5.38 Å². The minimum absolute atomic E-state index is 0.246. The van der Waals surface area contributed by atoms with Gasteiger partial charge in [-0.15, -0.1) is 22.9 Å². The number of likely N-dealkylation sites (N-methyl/N-ethyl adjacent to an activating group) is 1. The van der Waals surface area contributed by atoms with Crippen LogP contribution in [0.2, 0.25) is 0 Å². The Labute approximate surface area is 91.7 Å². The molecule has 1 heterocycles. The molecule has 78 valence electrons. The maximum absolute atomic E-state index is 10.6. The average Bonchev–Trinajstić information content (AvgIpc) is 2.50. The topological polar surface area (TPSA) is 59.2 Å². The van der Waals surface area contributed by atoms with Gasteiger partial charge in [0.1, 0.15) is 5.01 Å². The van der Waals surface area contributed by atoms with Crippen LogP contribution in [0, 0.1) is 0 Å². The minimum Gasteiger partial charge on any atom is -0.369 e. The van der Waals surface area contributed by atoms with Crippen molar-refractivity contribution in [1.82, 2.24) is 9.88 Å². The number of amides is 1. The Morgan fingerprint density at radius 2 is 2.50 bits per heavy atom. The van der Waals surface area contributed by atoms with Crippen molar-refractivity contribution in [3.8, 4) is 0 Å². The van der Waals surface area contributed by atoms with Crippen LogP contribution in [0.5, 0.6) is 0 Å². The highest BCUT2D eigenvalue weighted by molar-refractivity contribution is 7.09. The molecule has 0 aromatic carbocycles. The summed E-state index contributed by atoms with van der Waals surface area (Å²) in [5.74, 6) is 0.0948. The molecule has 0 aliphatic carbocycles. The predicted octanol–water partition coefficient (Wildman–Crippen LogP) is 0.799. The largest absolute Gasteiger partial charge is 0.369 e. The Balaban J connectivity index is 2.47. The van der Waals surface area contributed by atoms with Crippen LogP contribution in [0.25, 0.3) is 0 Å². The van der Waals surface area contributed by atoms with E-state index in [1.165, 1.54) is 0 Å². The number of nitrogens with zero attached hydrogens (tertiary/aromatic N) is 2. The van der Waals surface area contributed by atoms with Crippen molar-refractivity contribution >= 4 is 28.8 Å². The summed E-state index contributed by atoms with van der Waals surface area (Å²) in [5, 5.41) is 2.87. The van der Waals surface area contributed by atoms with Crippen molar-refractivity contribution in [2.45, 2.75) is 12.4 Å². The van der Waals surface area contributed by atoms with E-state index in [0.717, 1.165) is 10.7 Å². The quantitative estimate of drug-likeness (QED) is 0.766. The molecule has 1 rings (SSSR count). The van der Waals surface area contributed by atoms with Crippen LogP contribution in [-0.4, -0.2) is 29.4 Å².